The Morgan fingerprint density at radius 3 is 2.90 bits per heavy atom. The zero-order valence-electron chi connectivity index (χ0n) is 11.2. The SMILES string of the molecule is COC(=O)c1ccc(Cl)cc1NC(=O)C1CCCNC1. The van der Waals surface area contributed by atoms with E-state index in [0.29, 0.717) is 22.8 Å². The number of hydrogen-bond acceptors (Lipinski definition) is 4. The minimum Gasteiger partial charge on any atom is -0.465 e. The molecule has 108 valence electrons. The molecule has 2 N–H and O–H groups in total. The lowest BCUT2D eigenvalue weighted by Crippen LogP contribution is -2.37. The number of nitrogens with one attached hydrogen (secondary N) is 2. The Labute approximate surface area is 122 Å². The molecule has 0 spiro atoms. The maximum atomic E-state index is 12.2. The van der Waals surface area contributed by atoms with Crippen molar-refractivity contribution in [3.8, 4) is 0 Å². The van der Waals surface area contributed by atoms with E-state index in [-0.39, 0.29) is 11.8 Å². The molecule has 20 heavy (non-hydrogen) atoms. The molecule has 1 fully saturated rings. The van der Waals surface area contributed by atoms with Crippen LogP contribution in [0.3, 0.4) is 0 Å². The first-order chi connectivity index (χ1) is 9.61. The fraction of sp³-hybridized carbons (Fsp3) is 0.429. The van der Waals surface area contributed by atoms with Crippen molar-refractivity contribution in [2.45, 2.75) is 12.8 Å². The normalized spacial score (nSPS) is 18.4. The fourth-order valence-corrected chi connectivity index (χ4v) is 2.39. The standard InChI is InChI=1S/C14H17ClN2O3/c1-20-14(19)11-5-4-10(15)7-12(11)17-13(18)9-3-2-6-16-8-9/h4-5,7,9,16H,2-3,6,8H2,1H3,(H,17,18). The molecule has 1 saturated heterocycles. The molecule has 1 heterocycles. The van der Waals surface area contributed by atoms with Gasteiger partial charge in [-0.3, -0.25) is 4.79 Å². The Morgan fingerprint density at radius 1 is 1.45 bits per heavy atom. The molecule has 1 atom stereocenters. The highest BCUT2D eigenvalue weighted by Gasteiger charge is 2.22. The molecule has 0 bridgehead atoms. The van der Waals surface area contributed by atoms with Crippen LogP contribution in [-0.4, -0.2) is 32.1 Å². The van der Waals surface area contributed by atoms with Gasteiger partial charge in [0.1, 0.15) is 0 Å². The summed E-state index contributed by atoms with van der Waals surface area (Å²) in [6.45, 7) is 1.59. The van der Waals surface area contributed by atoms with Crippen molar-refractivity contribution in [2.24, 2.45) is 5.92 Å². The summed E-state index contributed by atoms with van der Waals surface area (Å²) in [5.74, 6) is -0.698. The molecule has 1 aliphatic rings. The predicted molar refractivity (Wildman–Crippen MR) is 77.0 cm³/mol. The molecular formula is C14H17ClN2O3. The zero-order valence-corrected chi connectivity index (χ0v) is 12.0. The highest BCUT2D eigenvalue weighted by atomic mass is 35.5. The Hall–Kier alpha value is -1.59. The lowest BCUT2D eigenvalue weighted by Gasteiger charge is -2.22. The first-order valence-corrected chi connectivity index (χ1v) is 6.89. The van der Waals surface area contributed by atoms with E-state index < -0.39 is 5.97 Å². The van der Waals surface area contributed by atoms with Crippen LogP contribution in [0.1, 0.15) is 23.2 Å². The molecular weight excluding hydrogens is 280 g/mol. The molecule has 1 aromatic rings. The number of rotatable bonds is 3. The maximum absolute atomic E-state index is 12.2. The second-order valence-electron chi connectivity index (χ2n) is 4.71. The quantitative estimate of drug-likeness (QED) is 0.838. The minimum absolute atomic E-state index is 0.0896. The van der Waals surface area contributed by atoms with E-state index in [9.17, 15) is 9.59 Å². The van der Waals surface area contributed by atoms with Crippen LogP contribution < -0.4 is 10.6 Å². The van der Waals surface area contributed by atoms with Gasteiger partial charge >= 0.3 is 5.97 Å². The van der Waals surface area contributed by atoms with Crippen molar-refractivity contribution in [1.82, 2.24) is 5.32 Å². The molecule has 5 nitrogen and oxygen atoms in total. The second kappa shape index (κ2) is 6.72. The van der Waals surface area contributed by atoms with Gasteiger partial charge in [-0.2, -0.15) is 0 Å². The largest absolute Gasteiger partial charge is 0.465 e. The average Bonchev–Trinajstić information content (AvgIpc) is 2.47. The number of methoxy groups -OCH3 is 1. The molecule has 0 radical (unpaired) electrons. The van der Waals surface area contributed by atoms with Gasteiger partial charge in [0.25, 0.3) is 0 Å². The summed E-state index contributed by atoms with van der Waals surface area (Å²) in [4.78, 5) is 23.9. The summed E-state index contributed by atoms with van der Waals surface area (Å²) in [5, 5.41) is 6.41. The van der Waals surface area contributed by atoms with Gasteiger partial charge in [-0.05, 0) is 37.6 Å². The van der Waals surface area contributed by atoms with Crippen LogP contribution in [0.25, 0.3) is 0 Å². The summed E-state index contributed by atoms with van der Waals surface area (Å²) in [7, 11) is 1.30. The van der Waals surface area contributed by atoms with Crippen LogP contribution >= 0.6 is 11.6 Å². The van der Waals surface area contributed by atoms with Crippen LogP contribution in [-0.2, 0) is 9.53 Å². The molecule has 2 rings (SSSR count). The summed E-state index contributed by atoms with van der Waals surface area (Å²) < 4.78 is 4.70. The van der Waals surface area contributed by atoms with Gasteiger partial charge in [0, 0.05) is 11.6 Å². The monoisotopic (exact) mass is 296 g/mol. The molecule has 1 aromatic carbocycles. The molecule has 1 aliphatic heterocycles. The van der Waals surface area contributed by atoms with E-state index in [1.54, 1.807) is 18.2 Å². The van der Waals surface area contributed by atoms with Gasteiger partial charge in [-0.25, -0.2) is 4.79 Å². The van der Waals surface area contributed by atoms with E-state index in [2.05, 4.69) is 10.6 Å². The summed E-state index contributed by atoms with van der Waals surface area (Å²) in [5.41, 5.74) is 0.689. The van der Waals surface area contributed by atoms with Gasteiger partial charge in [-0.15, -0.1) is 0 Å². The lowest BCUT2D eigenvalue weighted by molar-refractivity contribution is -0.120. The Morgan fingerprint density at radius 2 is 2.25 bits per heavy atom. The minimum atomic E-state index is -0.501. The van der Waals surface area contributed by atoms with Crippen molar-refractivity contribution in [2.75, 3.05) is 25.5 Å². The van der Waals surface area contributed by atoms with Crippen molar-refractivity contribution in [3.63, 3.8) is 0 Å². The number of amides is 1. The fourth-order valence-electron chi connectivity index (χ4n) is 2.22. The zero-order chi connectivity index (χ0) is 14.5. The summed E-state index contributed by atoms with van der Waals surface area (Å²) in [6.07, 6.45) is 1.81. The smallest absolute Gasteiger partial charge is 0.339 e. The van der Waals surface area contributed by atoms with Gasteiger partial charge in [0.15, 0.2) is 0 Å². The summed E-state index contributed by atoms with van der Waals surface area (Å²) >= 11 is 5.92. The molecule has 0 aliphatic carbocycles. The van der Waals surface area contributed by atoms with E-state index in [0.717, 1.165) is 19.4 Å². The Balaban J connectivity index is 2.16. The number of anilines is 1. The molecule has 0 aromatic heterocycles. The lowest BCUT2D eigenvalue weighted by atomic mass is 9.98. The number of ether oxygens (including phenoxy) is 1. The number of carbonyl (C=O) groups excluding carboxylic acids is 2. The van der Waals surface area contributed by atoms with Crippen LogP contribution in [0.15, 0.2) is 18.2 Å². The number of carbonyl (C=O) groups is 2. The average molecular weight is 297 g/mol. The number of halogens is 1. The van der Waals surface area contributed by atoms with E-state index in [4.69, 9.17) is 16.3 Å². The first-order valence-electron chi connectivity index (χ1n) is 6.51. The highest BCUT2D eigenvalue weighted by molar-refractivity contribution is 6.31. The number of esters is 1. The van der Waals surface area contributed by atoms with Crippen molar-refractivity contribution in [1.29, 1.82) is 0 Å². The van der Waals surface area contributed by atoms with Crippen LogP contribution in [0.2, 0.25) is 5.02 Å². The topological polar surface area (TPSA) is 67.4 Å². The molecule has 0 saturated carbocycles. The van der Waals surface area contributed by atoms with E-state index >= 15 is 0 Å². The van der Waals surface area contributed by atoms with E-state index in [1.165, 1.54) is 7.11 Å². The van der Waals surface area contributed by atoms with Crippen molar-refractivity contribution in [3.05, 3.63) is 28.8 Å². The van der Waals surface area contributed by atoms with Gasteiger partial charge in [-0.1, -0.05) is 11.6 Å². The Kier molecular flexibility index (Phi) is 4.98. The Bertz CT molecular complexity index is 513. The second-order valence-corrected chi connectivity index (χ2v) is 5.15. The van der Waals surface area contributed by atoms with Gasteiger partial charge in [0.05, 0.1) is 24.3 Å². The van der Waals surface area contributed by atoms with Crippen LogP contribution in [0, 0.1) is 5.92 Å². The molecule has 1 amide bonds. The van der Waals surface area contributed by atoms with Crippen LogP contribution in [0.4, 0.5) is 5.69 Å². The van der Waals surface area contributed by atoms with Crippen molar-refractivity contribution < 1.29 is 14.3 Å². The third kappa shape index (κ3) is 3.49. The van der Waals surface area contributed by atoms with E-state index in [1.807, 2.05) is 0 Å². The molecule has 1 unspecified atom stereocenters. The predicted octanol–water partition coefficient (Wildman–Crippen LogP) is 2.06. The van der Waals surface area contributed by atoms with Crippen molar-refractivity contribution >= 4 is 29.2 Å². The molecule has 6 heteroatoms. The van der Waals surface area contributed by atoms with Gasteiger partial charge in [0.2, 0.25) is 5.91 Å². The summed E-state index contributed by atoms with van der Waals surface area (Å²) in [6, 6.07) is 4.69. The first kappa shape index (κ1) is 14.8. The highest BCUT2D eigenvalue weighted by Crippen LogP contribution is 2.23. The van der Waals surface area contributed by atoms with Gasteiger partial charge < -0.3 is 15.4 Å². The third-order valence-corrected chi connectivity index (χ3v) is 3.55. The van der Waals surface area contributed by atoms with Crippen LogP contribution in [0.5, 0.6) is 0 Å². The number of benzene rings is 1. The maximum Gasteiger partial charge on any atom is 0.339 e. The number of piperidine rings is 1. The third-order valence-electron chi connectivity index (χ3n) is 3.31. The number of hydrogen-bond donors (Lipinski definition) is 2.